The van der Waals surface area contributed by atoms with E-state index in [-0.39, 0.29) is 24.3 Å². The lowest BCUT2D eigenvalue weighted by molar-refractivity contribution is -0.155. The summed E-state index contributed by atoms with van der Waals surface area (Å²) in [7, 11) is 3.15. The van der Waals surface area contributed by atoms with E-state index >= 15 is 0 Å². The Hall–Kier alpha value is -2.24. The molecule has 1 fully saturated rings. The number of amides is 1. The number of hydrogen-bond acceptors (Lipinski definition) is 5. The van der Waals surface area contributed by atoms with Crippen molar-refractivity contribution in [1.82, 2.24) is 5.32 Å². The number of carbonyl (C=O) groups excluding carboxylic acids is 2. The summed E-state index contributed by atoms with van der Waals surface area (Å²) in [5, 5.41) is 3.02. The highest BCUT2D eigenvalue weighted by molar-refractivity contribution is 5.83. The van der Waals surface area contributed by atoms with Crippen LogP contribution in [-0.4, -0.2) is 38.2 Å². The molecule has 27 heavy (non-hydrogen) atoms. The Morgan fingerprint density at radius 1 is 1.07 bits per heavy atom. The van der Waals surface area contributed by atoms with Gasteiger partial charge in [-0.1, -0.05) is 31.7 Å². The molecule has 1 aliphatic rings. The summed E-state index contributed by atoms with van der Waals surface area (Å²) < 4.78 is 15.8. The minimum Gasteiger partial charge on any atom is -0.493 e. The van der Waals surface area contributed by atoms with E-state index in [1.54, 1.807) is 21.1 Å². The average molecular weight is 377 g/mol. The van der Waals surface area contributed by atoms with E-state index in [1.807, 2.05) is 18.2 Å². The van der Waals surface area contributed by atoms with Gasteiger partial charge in [0.2, 0.25) is 0 Å². The fraction of sp³-hybridized carbons (Fsp3) is 0.619. The third-order valence-electron chi connectivity index (χ3n) is 4.94. The first-order valence-electron chi connectivity index (χ1n) is 9.74. The summed E-state index contributed by atoms with van der Waals surface area (Å²) in [5.74, 6) is 0.682. The maximum Gasteiger partial charge on any atom is 0.306 e. The van der Waals surface area contributed by atoms with Crippen molar-refractivity contribution in [3.05, 3.63) is 23.8 Å². The standard InChI is InChI=1S/C21H31NO5/c1-15(21(24)22-17-8-6-4-5-7-9-17)27-20(23)13-11-16-10-12-18(25-2)19(14-16)26-3/h10,12,14-15,17H,4-9,11,13H2,1-3H3,(H,22,24)/t15-/m0/s1. The van der Waals surface area contributed by atoms with Crippen LogP contribution in [0.1, 0.15) is 57.4 Å². The Bertz CT molecular complexity index is 623. The number of nitrogens with one attached hydrogen (secondary N) is 1. The minimum absolute atomic E-state index is 0.202. The van der Waals surface area contributed by atoms with Gasteiger partial charge in [-0.05, 0) is 43.9 Å². The van der Waals surface area contributed by atoms with Crippen LogP contribution in [0.15, 0.2) is 18.2 Å². The first-order valence-corrected chi connectivity index (χ1v) is 9.74. The third-order valence-corrected chi connectivity index (χ3v) is 4.94. The quantitative estimate of drug-likeness (QED) is 0.555. The van der Waals surface area contributed by atoms with E-state index in [2.05, 4.69) is 5.32 Å². The molecule has 150 valence electrons. The number of aryl methyl sites for hydroxylation is 1. The zero-order valence-electron chi connectivity index (χ0n) is 16.6. The van der Waals surface area contributed by atoms with E-state index in [0.717, 1.165) is 31.2 Å². The lowest BCUT2D eigenvalue weighted by Crippen LogP contribution is -2.41. The SMILES string of the molecule is COc1ccc(CCC(=O)O[C@@H](C)C(=O)NC2CCCCCC2)cc1OC. The normalized spacial score (nSPS) is 16.1. The molecule has 1 atom stereocenters. The number of hydrogen-bond donors (Lipinski definition) is 1. The molecule has 2 rings (SSSR count). The maximum atomic E-state index is 12.3. The van der Waals surface area contributed by atoms with Gasteiger partial charge in [0.15, 0.2) is 17.6 Å². The topological polar surface area (TPSA) is 73.9 Å². The van der Waals surface area contributed by atoms with E-state index in [1.165, 1.54) is 12.8 Å². The molecular weight excluding hydrogens is 346 g/mol. The fourth-order valence-corrected chi connectivity index (χ4v) is 3.33. The molecule has 6 heteroatoms. The second-order valence-electron chi connectivity index (χ2n) is 7.02. The Kier molecular flexibility index (Phi) is 8.43. The highest BCUT2D eigenvalue weighted by Gasteiger charge is 2.21. The van der Waals surface area contributed by atoms with Crippen molar-refractivity contribution >= 4 is 11.9 Å². The van der Waals surface area contributed by atoms with Crippen LogP contribution >= 0.6 is 0 Å². The first-order chi connectivity index (χ1) is 13.0. The highest BCUT2D eigenvalue weighted by Crippen LogP contribution is 2.28. The van der Waals surface area contributed by atoms with Gasteiger partial charge >= 0.3 is 5.97 Å². The molecule has 0 aliphatic heterocycles. The van der Waals surface area contributed by atoms with Crippen molar-refractivity contribution in [3.63, 3.8) is 0 Å². The molecule has 1 amide bonds. The van der Waals surface area contributed by atoms with E-state index < -0.39 is 6.10 Å². The summed E-state index contributed by atoms with van der Waals surface area (Å²) in [4.78, 5) is 24.4. The lowest BCUT2D eigenvalue weighted by atomic mass is 10.1. The molecule has 1 saturated carbocycles. The second kappa shape index (κ2) is 10.8. The van der Waals surface area contributed by atoms with Crippen LogP contribution in [0.2, 0.25) is 0 Å². The minimum atomic E-state index is -0.772. The van der Waals surface area contributed by atoms with Gasteiger partial charge < -0.3 is 19.5 Å². The van der Waals surface area contributed by atoms with Gasteiger partial charge in [0.25, 0.3) is 5.91 Å². The third kappa shape index (κ3) is 6.77. The number of carbonyl (C=O) groups is 2. The molecule has 1 aromatic carbocycles. The summed E-state index contributed by atoms with van der Waals surface area (Å²) in [6.45, 7) is 1.63. The van der Waals surface area contributed by atoms with Gasteiger partial charge in [-0.15, -0.1) is 0 Å². The number of ether oxygens (including phenoxy) is 3. The molecule has 0 heterocycles. The molecule has 1 aliphatic carbocycles. The average Bonchev–Trinajstić information content (AvgIpc) is 2.94. The molecule has 1 N–H and O–H groups in total. The molecular formula is C21H31NO5. The molecule has 0 bridgehead atoms. The molecule has 0 radical (unpaired) electrons. The molecule has 0 spiro atoms. The summed E-state index contributed by atoms with van der Waals surface area (Å²) >= 11 is 0. The van der Waals surface area contributed by atoms with Gasteiger partial charge in [-0.25, -0.2) is 0 Å². The molecule has 0 unspecified atom stereocenters. The summed E-state index contributed by atoms with van der Waals surface area (Å²) in [6.07, 6.45) is 6.70. The van der Waals surface area contributed by atoms with Crippen LogP contribution < -0.4 is 14.8 Å². The van der Waals surface area contributed by atoms with Crippen molar-refractivity contribution in [2.24, 2.45) is 0 Å². The Morgan fingerprint density at radius 3 is 2.37 bits per heavy atom. The van der Waals surface area contributed by atoms with Crippen LogP contribution in [0.5, 0.6) is 11.5 Å². The summed E-state index contributed by atoms with van der Waals surface area (Å²) in [5.41, 5.74) is 0.945. The highest BCUT2D eigenvalue weighted by atomic mass is 16.5. The molecule has 6 nitrogen and oxygen atoms in total. The van der Waals surface area contributed by atoms with Crippen molar-refractivity contribution in [3.8, 4) is 11.5 Å². The van der Waals surface area contributed by atoms with Gasteiger partial charge in [-0.2, -0.15) is 0 Å². The van der Waals surface area contributed by atoms with E-state index in [4.69, 9.17) is 14.2 Å². The smallest absolute Gasteiger partial charge is 0.306 e. The zero-order chi connectivity index (χ0) is 19.6. The van der Waals surface area contributed by atoms with Crippen LogP contribution in [-0.2, 0) is 20.7 Å². The maximum absolute atomic E-state index is 12.3. The van der Waals surface area contributed by atoms with Crippen LogP contribution in [0.3, 0.4) is 0 Å². The first kappa shape index (κ1) is 21.1. The second-order valence-corrected chi connectivity index (χ2v) is 7.02. The van der Waals surface area contributed by atoms with Crippen LogP contribution in [0.25, 0.3) is 0 Å². The van der Waals surface area contributed by atoms with Crippen molar-refractivity contribution in [2.45, 2.75) is 70.4 Å². The fourth-order valence-electron chi connectivity index (χ4n) is 3.33. The van der Waals surface area contributed by atoms with Crippen molar-refractivity contribution < 1.29 is 23.8 Å². The van der Waals surface area contributed by atoms with Gasteiger partial charge in [-0.3, -0.25) is 9.59 Å². The van der Waals surface area contributed by atoms with Gasteiger partial charge in [0.05, 0.1) is 14.2 Å². The van der Waals surface area contributed by atoms with Gasteiger partial charge in [0.1, 0.15) is 0 Å². The molecule has 0 aromatic heterocycles. The summed E-state index contributed by atoms with van der Waals surface area (Å²) in [6, 6.07) is 5.74. The monoisotopic (exact) mass is 377 g/mol. The van der Waals surface area contributed by atoms with Gasteiger partial charge in [0, 0.05) is 12.5 Å². The van der Waals surface area contributed by atoms with Crippen LogP contribution in [0, 0.1) is 0 Å². The van der Waals surface area contributed by atoms with E-state index in [9.17, 15) is 9.59 Å². The molecule has 0 saturated heterocycles. The molecule has 1 aromatic rings. The zero-order valence-corrected chi connectivity index (χ0v) is 16.6. The Labute approximate surface area is 161 Å². The largest absolute Gasteiger partial charge is 0.493 e. The van der Waals surface area contributed by atoms with E-state index in [0.29, 0.717) is 17.9 Å². The Morgan fingerprint density at radius 2 is 1.74 bits per heavy atom. The number of methoxy groups -OCH3 is 2. The van der Waals surface area contributed by atoms with Crippen molar-refractivity contribution in [2.75, 3.05) is 14.2 Å². The lowest BCUT2D eigenvalue weighted by Gasteiger charge is -2.19. The number of rotatable bonds is 8. The number of esters is 1. The predicted molar refractivity (Wildman–Crippen MR) is 103 cm³/mol. The van der Waals surface area contributed by atoms with Crippen molar-refractivity contribution in [1.29, 1.82) is 0 Å². The number of benzene rings is 1. The van der Waals surface area contributed by atoms with Crippen LogP contribution in [0.4, 0.5) is 0 Å². The Balaban J connectivity index is 1.78. The predicted octanol–water partition coefficient (Wildman–Crippen LogP) is 3.41.